The van der Waals surface area contributed by atoms with Crippen molar-refractivity contribution < 1.29 is 0 Å². The van der Waals surface area contributed by atoms with Gasteiger partial charge in [-0.05, 0) is 30.2 Å². The molecule has 0 spiro atoms. The van der Waals surface area contributed by atoms with Crippen LogP contribution in [0, 0.1) is 18.3 Å². The van der Waals surface area contributed by atoms with Crippen molar-refractivity contribution in [1.82, 2.24) is 9.13 Å². The molecular weight excluding hydrogens is 214 g/mol. The van der Waals surface area contributed by atoms with Crippen molar-refractivity contribution in [2.45, 2.75) is 13.5 Å². The van der Waals surface area contributed by atoms with Gasteiger partial charge in [0.15, 0.2) is 0 Å². The molecule has 0 aliphatic carbocycles. The Bertz CT molecular complexity index is 643. The Hall–Kier alpha value is -2.28. The first-order valence-electron chi connectivity index (χ1n) is 5.33. The highest BCUT2D eigenvalue weighted by Crippen LogP contribution is 2.11. The lowest BCUT2D eigenvalue weighted by atomic mass is 10.1. The monoisotopic (exact) mass is 227 g/mol. The average molecular weight is 227 g/mol. The first-order valence-corrected chi connectivity index (χ1v) is 5.33. The van der Waals surface area contributed by atoms with E-state index < -0.39 is 0 Å². The van der Waals surface area contributed by atoms with Crippen molar-refractivity contribution in [3.8, 4) is 6.07 Å². The second kappa shape index (κ2) is 4.30. The molecule has 0 radical (unpaired) electrons. The summed E-state index contributed by atoms with van der Waals surface area (Å²) in [5.41, 5.74) is 2.69. The molecule has 0 saturated carbocycles. The molecule has 0 saturated heterocycles. The van der Waals surface area contributed by atoms with Gasteiger partial charge in [0.1, 0.15) is 0 Å². The van der Waals surface area contributed by atoms with Crippen LogP contribution in [0.15, 0.2) is 35.4 Å². The quantitative estimate of drug-likeness (QED) is 0.779. The molecule has 2 rings (SSSR count). The van der Waals surface area contributed by atoms with E-state index in [1.807, 2.05) is 19.1 Å². The van der Waals surface area contributed by atoms with E-state index in [9.17, 15) is 4.79 Å². The molecule has 17 heavy (non-hydrogen) atoms. The molecule has 4 heteroatoms. The maximum absolute atomic E-state index is 11.7. The first kappa shape index (κ1) is 11.2. The molecule has 0 aliphatic heterocycles. The van der Waals surface area contributed by atoms with E-state index in [0.29, 0.717) is 12.1 Å². The van der Waals surface area contributed by atoms with Crippen LogP contribution in [-0.4, -0.2) is 9.13 Å². The molecule has 0 N–H and O–H groups in total. The van der Waals surface area contributed by atoms with E-state index in [0.717, 1.165) is 11.1 Å². The molecule has 0 fully saturated rings. The average Bonchev–Trinajstić information content (AvgIpc) is 2.63. The molecule has 0 amide bonds. The van der Waals surface area contributed by atoms with Crippen LogP contribution in [0.4, 0.5) is 0 Å². The van der Waals surface area contributed by atoms with Crippen LogP contribution in [0.5, 0.6) is 0 Å². The number of hydrogen-bond acceptors (Lipinski definition) is 2. The summed E-state index contributed by atoms with van der Waals surface area (Å²) in [5.74, 6) is 0. The highest BCUT2D eigenvalue weighted by atomic mass is 16.1. The van der Waals surface area contributed by atoms with Gasteiger partial charge in [-0.25, -0.2) is 4.79 Å². The van der Waals surface area contributed by atoms with E-state index >= 15 is 0 Å². The summed E-state index contributed by atoms with van der Waals surface area (Å²) in [5, 5.41) is 8.78. The number of nitrogens with zero attached hydrogens (tertiary/aromatic N) is 3. The third-order valence-corrected chi connectivity index (χ3v) is 2.83. The zero-order valence-corrected chi connectivity index (χ0v) is 9.84. The van der Waals surface area contributed by atoms with Gasteiger partial charge in [0.05, 0.1) is 18.2 Å². The van der Waals surface area contributed by atoms with Gasteiger partial charge in [0.2, 0.25) is 0 Å². The van der Waals surface area contributed by atoms with Gasteiger partial charge in [0, 0.05) is 19.4 Å². The lowest BCUT2D eigenvalue weighted by Crippen LogP contribution is -2.22. The number of nitriles is 1. The standard InChI is InChI=1S/C13H13N3O/c1-10-7-11(8-14)3-4-12(10)9-16-6-5-15(2)13(16)17/h3-7H,9H2,1-2H3. The third-order valence-electron chi connectivity index (χ3n) is 2.83. The number of rotatable bonds is 2. The highest BCUT2D eigenvalue weighted by Gasteiger charge is 2.04. The fraction of sp³-hybridized carbons (Fsp3) is 0.231. The molecule has 2 aromatic rings. The third kappa shape index (κ3) is 2.13. The zero-order valence-electron chi connectivity index (χ0n) is 9.84. The van der Waals surface area contributed by atoms with Gasteiger partial charge in [0.25, 0.3) is 0 Å². The van der Waals surface area contributed by atoms with Crippen LogP contribution in [0.25, 0.3) is 0 Å². The van der Waals surface area contributed by atoms with Crippen molar-refractivity contribution in [3.63, 3.8) is 0 Å². The Morgan fingerprint density at radius 1 is 1.35 bits per heavy atom. The van der Waals surface area contributed by atoms with Gasteiger partial charge >= 0.3 is 5.69 Å². The van der Waals surface area contributed by atoms with Crippen molar-refractivity contribution in [2.75, 3.05) is 0 Å². The van der Waals surface area contributed by atoms with E-state index in [1.54, 1.807) is 34.6 Å². The van der Waals surface area contributed by atoms with Crippen LogP contribution in [0.3, 0.4) is 0 Å². The van der Waals surface area contributed by atoms with Crippen LogP contribution in [0.1, 0.15) is 16.7 Å². The maximum atomic E-state index is 11.7. The minimum absolute atomic E-state index is 0.0336. The Morgan fingerprint density at radius 2 is 2.12 bits per heavy atom. The first-order chi connectivity index (χ1) is 8.11. The Labute approximate surface area is 99.4 Å². The Balaban J connectivity index is 2.34. The van der Waals surface area contributed by atoms with Gasteiger partial charge in [-0.15, -0.1) is 0 Å². The molecule has 4 nitrogen and oxygen atoms in total. The summed E-state index contributed by atoms with van der Waals surface area (Å²) < 4.78 is 3.19. The number of imidazole rings is 1. The fourth-order valence-electron chi connectivity index (χ4n) is 1.76. The van der Waals surface area contributed by atoms with E-state index in [4.69, 9.17) is 5.26 Å². The van der Waals surface area contributed by atoms with Crippen LogP contribution >= 0.6 is 0 Å². The maximum Gasteiger partial charge on any atom is 0.328 e. The van der Waals surface area contributed by atoms with Gasteiger partial charge in [-0.1, -0.05) is 6.07 Å². The minimum Gasteiger partial charge on any atom is -0.302 e. The van der Waals surface area contributed by atoms with E-state index in [2.05, 4.69) is 6.07 Å². The summed E-state index contributed by atoms with van der Waals surface area (Å²) in [6, 6.07) is 7.61. The summed E-state index contributed by atoms with van der Waals surface area (Å²) in [4.78, 5) is 11.7. The SMILES string of the molecule is Cc1cc(C#N)ccc1Cn1ccn(C)c1=O. The zero-order chi connectivity index (χ0) is 12.4. The Kier molecular flexibility index (Phi) is 2.84. The molecule has 1 aromatic heterocycles. The molecular formula is C13H13N3O. The molecule has 1 heterocycles. The summed E-state index contributed by atoms with van der Waals surface area (Å²) in [6.45, 7) is 2.49. The second-order valence-electron chi connectivity index (χ2n) is 4.07. The highest BCUT2D eigenvalue weighted by molar-refractivity contribution is 5.37. The topological polar surface area (TPSA) is 50.7 Å². The summed E-state index contributed by atoms with van der Waals surface area (Å²) in [6.07, 6.45) is 3.50. The molecule has 0 aliphatic rings. The predicted molar refractivity (Wildman–Crippen MR) is 64.7 cm³/mol. The fourth-order valence-corrected chi connectivity index (χ4v) is 1.76. The molecule has 0 bridgehead atoms. The molecule has 0 atom stereocenters. The minimum atomic E-state index is -0.0336. The number of aromatic nitrogens is 2. The predicted octanol–water partition coefficient (Wildman–Crippen LogP) is 1.42. The van der Waals surface area contributed by atoms with Crippen LogP contribution in [-0.2, 0) is 13.6 Å². The smallest absolute Gasteiger partial charge is 0.302 e. The van der Waals surface area contributed by atoms with Crippen molar-refractivity contribution in [2.24, 2.45) is 7.05 Å². The second-order valence-corrected chi connectivity index (χ2v) is 4.07. The number of benzene rings is 1. The van der Waals surface area contributed by atoms with Gasteiger partial charge < -0.3 is 4.57 Å². The molecule has 86 valence electrons. The van der Waals surface area contributed by atoms with Crippen LogP contribution < -0.4 is 5.69 Å². The van der Waals surface area contributed by atoms with Crippen molar-refractivity contribution >= 4 is 0 Å². The van der Waals surface area contributed by atoms with Gasteiger partial charge in [-0.2, -0.15) is 5.26 Å². The number of hydrogen-bond donors (Lipinski definition) is 0. The van der Waals surface area contributed by atoms with Crippen molar-refractivity contribution in [1.29, 1.82) is 5.26 Å². The normalized spacial score (nSPS) is 10.2. The van der Waals surface area contributed by atoms with E-state index in [1.165, 1.54) is 0 Å². The Morgan fingerprint density at radius 3 is 2.65 bits per heavy atom. The van der Waals surface area contributed by atoms with Gasteiger partial charge in [-0.3, -0.25) is 4.57 Å². The van der Waals surface area contributed by atoms with Crippen molar-refractivity contribution in [3.05, 3.63) is 57.8 Å². The molecule has 0 unspecified atom stereocenters. The van der Waals surface area contributed by atoms with E-state index in [-0.39, 0.29) is 5.69 Å². The largest absolute Gasteiger partial charge is 0.328 e. The molecule has 1 aromatic carbocycles. The number of aryl methyl sites for hydroxylation is 2. The van der Waals surface area contributed by atoms with Crippen LogP contribution in [0.2, 0.25) is 0 Å². The summed E-state index contributed by atoms with van der Waals surface area (Å²) in [7, 11) is 1.73. The lowest BCUT2D eigenvalue weighted by molar-refractivity contribution is 0.715. The summed E-state index contributed by atoms with van der Waals surface area (Å²) >= 11 is 0. The lowest BCUT2D eigenvalue weighted by Gasteiger charge is -2.06.